The molecule has 2 N–H and O–H groups in total. The van der Waals surface area contributed by atoms with Crippen LogP contribution in [0.4, 0.5) is 11.4 Å². The summed E-state index contributed by atoms with van der Waals surface area (Å²) in [6, 6.07) is 14.5. The van der Waals surface area contributed by atoms with Gasteiger partial charge in [0.05, 0.1) is 23.9 Å². The van der Waals surface area contributed by atoms with Gasteiger partial charge >= 0.3 is 0 Å². The molecule has 0 radical (unpaired) electrons. The summed E-state index contributed by atoms with van der Waals surface area (Å²) < 4.78 is 5.40. The molecule has 0 bridgehead atoms. The number of hydrogen-bond acceptors (Lipinski definition) is 4. The number of rotatable bonds is 2. The van der Waals surface area contributed by atoms with Gasteiger partial charge in [0.15, 0.2) is 6.61 Å². The zero-order valence-electron chi connectivity index (χ0n) is 11.2. The van der Waals surface area contributed by atoms with Gasteiger partial charge in [-0.15, -0.1) is 0 Å². The number of anilines is 2. The van der Waals surface area contributed by atoms with Crippen LogP contribution in [-0.2, 0) is 11.3 Å². The number of nitrogens with two attached hydrogens (primary N) is 1. The molecule has 5 nitrogen and oxygen atoms in total. The molecule has 1 amide bonds. The van der Waals surface area contributed by atoms with Crippen molar-refractivity contribution in [1.29, 1.82) is 5.26 Å². The third-order valence-electron chi connectivity index (χ3n) is 3.32. The molecular formula is C16H13N3O2. The number of fused-ring (bicyclic) bond motifs is 1. The lowest BCUT2D eigenvalue weighted by Gasteiger charge is -2.29. The molecule has 0 saturated carbocycles. The fourth-order valence-electron chi connectivity index (χ4n) is 2.31. The van der Waals surface area contributed by atoms with Crippen molar-refractivity contribution in [2.75, 3.05) is 17.2 Å². The van der Waals surface area contributed by atoms with E-state index in [1.807, 2.05) is 6.07 Å². The number of nitriles is 1. The largest absolute Gasteiger partial charge is 0.482 e. The van der Waals surface area contributed by atoms with Gasteiger partial charge in [0.25, 0.3) is 5.91 Å². The first-order valence-corrected chi connectivity index (χ1v) is 6.49. The minimum absolute atomic E-state index is 0.00879. The Hall–Kier alpha value is -3.00. The van der Waals surface area contributed by atoms with E-state index < -0.39 is 0 Å². The molecule has 3 rings (SSSR count). The smallest absolute Gasteiger partial charge is 0.265 e. The van der Waals surface area contributed by atoms with Gasteiger partial charge in [-0.05, 0) is 35.9 Å². The molecule has 2 aromatic carbocycles. The molecule has 0 aromatic heterocycles. The molecule has 0 unspecified atom stereocenters. The SMILES string of the molecule is N#Cc1cccc(CN2C(=O)COc3ccc(N)cc32)c1. The van der Waals surface area contributed by atoms with Gasteiger partial charge in [-0.2, -0.15) is 5.26 Å². The van der Waals surface area contributed by atoms with Gasteiger partial charge in [-0.3, -0.25) is 4.79 Å². The number of benzene rings is 2. The molecule has 0 fully saturated rings. The van der Waals surface area contributed by atoms with Crippen molar-refractivity contribution >= 4 is 17.3 Å². The van der Waals surface area contributed by atoms with Crippen LogP contribution in [0.1, 0.15) is 11.1 Å². The lowest BCUT2D eigenvalue weighted by atomic mass is 10.1. The van der Waals surface area contributed by atoms with Crippen LogP contribution in [0.3, 0.4) is 0 Å². The van der Waals surface area contributed by atoms with Crippen molar-refractivity contribution in [2.24, 2.45) is 0 Å². The highest BCUT2D eigenvalue weighted by Crippen LogP contribution is 2.34. The Kier molecular flexibility index (Phi) is 3.20. The van der Waals surface area contributed by atoms with Crippen LogP contribution in [0.5, 0.6) is 5.75 Å². The molecule has 1 heterocycles. The Morgan fingerprint density at radius 1 is 1.29 bits per heavy atom. The summed E-state index contributed by atoms with van der Waals surface area (Å²) in [5.41, 5.74) is 8.48. The Morgan fingerprint density at radius 2 is 2.14 bits per heavy atom. The fraction of sp³-hybridized carbons (Fsp3) is 0.125. The highest BCUT2D eigenvalue weighted by Gasteiger charge is 2.25. The Morgan fingerprint density at radius 3 is 2.95 bits per heavy atom. The van der Waals surface area contributed by atoms with Gasteiger partial charge in [-0.25, -0.2) is 0 Å². The predicted molar refractivity (Wildman–Crippen MR) is 78.7 cm³/mol. The molecule has 0 aliphatic carbocycles. The molecule has 104 valence electrons. The van der Waals surface area contributed by atoms with E-state index in [0.717, 1.165) is 5.56 Å². The lowest BCUT2D eigenvalue weighted by Crippen LogP contribution is -2.38. The zero-order valence-corrected chi connectivity index (χ0v) is 11.2. The molecular weight excluding hydrogens is 266 g/mol. The fourth-order valence-corrected chi connectivity index (χ4v) is 2.31. The third kappa shape index (κ3) is 2.51. The highest BCUT2D eigenvalue weighted by atomic mass is 16.5. The Labute approximate surface area is 122 Å². The van der Waals surface area contributed by atoms with Crippen LogP contribution in [0.2, 0.25) is 0 Å². The summed E-state index contributed by atoms with van der Waals surface area (Å²) in [4.78, 5) is 13.8. The van der Waals surface area contributed by atoms with Gasteiger partial charge in [0, 0.05) is 5.69 Å². The summed E-state index contributed by atoms with van der Waals surface area (Å²) >= 11 is 0. The van der Waals surface area contributed by atoms with Crippen molar-refractivity contribution in [2.45, 2.75) is 6.54 Å². The van der Waals surface area contributed by atoms with Crippen LogP contribution < -0.4 is 15.4 Å². The maximum atomic E-state index is 12.1. The first-order valence-electron chi connectivity index (χ1n) is 6.49. The first-order chi connectivity index (χ1) is 10.2. The van der Waals surface area contributed by atoms with Crippen molar-refractivity contribution in [3.8, 4) is 11.8 Å². The Bertz CT molecular complexity index is 749. The summed E-state index contributed by atoms with van der Waals surface area (Å²) in [6.07, 6.45) is 0. The van der Waals surface area contributed by atoms with Crippen LogP contribution in [0.25, 0.3) is 0 Å². The number of hydrogen-bond donors (Lipinski definition) is 1. The summed E-state index contributed by atoms with van der Waals surface area (Å²) in [7, 11) is 0. The van der Waals surface area contributed by atoms with Crippen molar-refractivity contribution < 1.29 is 9.53 Å². The second-order valence-corrected chi connectivity index (χ2v) is 4.81. The topological polar surface area (TPSA) is 79.3 Å². The third-order valence-corrected chi connectivity index (χ3v) is 3.32. The van der Waals surface area contributed by atoms with Crippen molar-refractivity contribution in [1.82, 2.24) is 0 Å². The zero-order chi connectivity index (χ0) is 14.8. The molecule has 0 spiro atoms. The first kappa shape index (κ1) is 13.0. The summed E-state index contributed by atoms with van der Waals surface area (Å²) in [5.74, 6) is 0.510. The molecule has 1 aliphatic heterocycles. The van der Waals surface area contributed by atoms with E-state index >= 15 is 0 Å². The van der Waals surface area contributed by atoms with Crippen molar-refractivity contribution in [3.05, 3.63) is 53.6 Å². The van der Waals surface area contributed by atoms with E-state index in [1.54, 1.807) is 41.3 Å². The normalized spacial score (nSPS) is 13.3. The second-order valence-electron chi connectivity index (χ2n) is 4.81. The molecule has 0 atom stereocenters. The average Bonchev–Trinajstić information content (AvgIpc) is 2.50. The second kappa shape index (κ2) is 5.17. The van der Waals surface area contributed by atoms with E-state index in [4.69, 9.17) is 15.7 Å². The van der Waals surface area contributed by atoms with Crippen LogP contribution in [0, 0.1) is 11.3 Å². The number of nitrogens with zero attached hydrogens (tertiary/aromatic N) is 2. The van der Waals surface area contributed by atoms with Gasteiger partial charge in [-0.1, -0.05) is 12.1 Å². The quantitative estimate of drug-likeness (QED) is 0.853. The molecule has 2 aromatic rings. The minimum Gasteiger partial charge on any atom is -0.482 e. The lowest BCUT2D eigenvalue weighted by molar-refractivity contribution is -0.121. The van der Waals surface area contributed by atoms with Crippen molar-refractivity contribution in [3.63, 3.8) is 0 Å². The standard InChI is InChI=1S/C16H13N3O2/c17-8-11-2-1-3-12(6-11)9-19-14-7-13(18)4-5-15(14)21-10-16(19)20/h1-7H,9-10,18H2. The molecule has 21 heavy (non-hydrogen) atoms. The van der Waals surface area contributed by atoms with Crippen LogP contribution in [-0.4, -0.2) is 12.5 Å². The average molecular weight is 279 g/mol. The monoisotopic (exact) mass is 279 g/mol. The molecule has 0 saturated heterocycles. The highest BCUT2D eigenvalue weighted by molar-refractivity contribution is 5.98. The number of ether oxygens (including phenoxy) is 1. The van der Waals surface area contributed by atoms with Gasteiger partial charge in [0.1, 0.15) is 5.75 Å². The minimum atomic E-state index is -0.129. The molecule has 5 heteroatoms. The number of nitrogen functional groups attached to an aromatic ring is 1. The number of carbonyl (C=O) groups excluding carboxylic acids is 1. The van der Waals surface area contributed by atoms with E-state index in [2.05, 4.69) is 6.07 Å². The number of carbonyl (C=O) groups is 1. The maximum absolute atomic E-state index is 12.1. The van der Waals surface area contributed by atoms with Crippen LogP contribution >= 0.6 is 0 Å². The predicted octanol–water partition coefficient (Wildman–Crippen LogP) is 2.07. The van der Waals surface area contributed by atoms with E-state index in [-0.39, 0.29) is 12.5 Å². The van der Waals surface area contributed by atoms with E-state index in [0.29, 0.717) is 29.2 Å². The number of amides is 1. The summed E-state index contributed by atoms with van der Waals surface area (Å²) in [5, 5.41) is 8.95. The maximum Gasteiger partial charge on any atom is 0.265 e. The van der Waals surface area contributed by atoms with Gasteiger partial charge in [0.2, 0.25) is 0 Å². The Balaban J connectivity index is 1.96. The summed E-state index contributed by atoms with van der Waals surface area (Å²) in [6.45, 7) is 0.392. The van der Waals surface area contributed by atoms with E-state index in [1.165, 1.54) is 0 Å². The molecule has 1 aliphatic rings. The van der Waals surface area contributed by atoms with Crippen LogP contribution in [0.15, 0.2) is 42.5 Å². The van der Waals surface area contributed by atoms with E-state index in [9.17, 15) is 4.79 Å². The van der Waals surface area contributed by atoms with Gasteiger partial charge < -0.3 is 15.4 Å².